The van der Waals surface area contributed by atoms with Crippen LogP contribution in [0.2, 0.25) is 0 Å². The van der Waals surface area contributed by atoms with E-state index in [0.717, 1.165) is 22.5 Å². The van der Waals surface area contributed by atoms with Gasteiger partial charge < -0.3 is 15.2 Å². The first-order valence-corrected chi connectivity index (χ1v) is 7.78. The predicted octanol–water partition coefficient (Wildman–Crippen LogP) is 2.48. The van der Waals surface area contributed by atoms with Gasteiger partial charge in [0.2, 0.25) is 0 Å². The van der Waals surface area contributed by atoms with Gasteiger partial charge in [0, 0.05) is 31.9 Å². The van der Waals surface area contributed by atoms with Crippen LogP contribution in [0.25, 0.3) is 0 Å². The molecular formula is C14H23IN6S. The average Bonchev–Trinajstić information content (AvgIpc) is 3.08. The first-order chi connectivity index (χ1) is 10.1. The van der Waals surface area contributed by atoms with E-state index in [2.05, 4.69) is 50.3 Å². The summed E-state index contributed by atoms with van der Waals surface area (Å²) < 4.78 is 2.08. The number of halogens is 1. The molecule has 2 aromatic heterocycles. The van der Waals surface area contributed by atoms with E-state index in [4.69, 9.17) is 0 Å². The molecule has 0 saturated heterocycles. The van der Waals surface area contributed by atoms with Gasteiger partial charge in [-0.25, -0.2) is 0 Å². The number of guanidine groups is 1. The van der Waals surface area contributed by atoms with Crippen molar-refractivity contribution in [3.8, 4) is 0 Å². The van der Waals surface area contributed by atoms with Gasteiger partial charge in [0.15, 0.2) is 5.96 Å². The summed E-state index contributed by atoms with van der Waals surface area (Å²) in [5, 5.41) is 17.0. The van der Waals surface area contributed by atoms with Gasteiger partial charge in [0.25, 0.3) is 0 Å². The van der Waals surface area contributed by atoms with Crippen LogP contribution in [0.1, 0.15) is 35.5 Å². The molecule has 0 aromatic carbocycles. The Kier molecular flexibility index (Phi) is 7.80. The number of hydrogen-bond donors (Lipinski definition) is 2. The van der Waals surface area contributed by atoms with Crippen molar-refractivity contribution < 1.29 is 0 Å². The molecule has 2 rings (SSSR count). The highest BCUT2D eigenvalue weighted by Gasteiger charge is 2.08. The maximum absolute atomic E-state index is 4.22. The van der Waals surface area contributed by atoms with Crippen LogP contribution in [0.4, 0.5) is 0 Å². The zero-order chi connectivity index (χ0) is 15.2. The molecule has 0 aliphatic carbocycles. The number of aromatic nitrogens is 3. The Hall–Kier alpha value is -1.16. The number of nitrogens with one attached hydrogen (secondary N) is 2. The fraction of sp³-hybridized carbons (Fsp3) is 0.500. The van der Waals surface area contributed by atoms with Crippen molar-refractivity contribution in [3.05, 3.63) is 34.0 Å². The number of hydrogen-bond acceptors (Lipinski definition) is 4. The molecule has 0 bridgehead atoms. The van der Waals surface area contributed by atoms with Gasteiger partial charge in [0.1, 0.15) is 10.0 Å². The van der Waals surface area contributed by atoms with Crippen molar-refractivity contribution in [1.82, 2.24) is 25.4 Å². The monoisotopic (exact) mass is 434 g/mol. The standard InChI is InChI=1S/C14H22N6S.HI/c1-10(2)13-19-18-12(21-13)9-17-14(15-3)16-8-11-6-5-7-20(11)4;/h5-7,10H,8-9H2,1-4H3,(H2,15,16,17);1H. The minimum Gasteiger partial charge on any atom is -0.353 e. The smallest absolute Gasteiger partial charge is 0.191 e. The second kappa shape index (κ2) is 9.09. The number of rotatable bonds is 5. The summed E-state index contributed by atoms with van der Waals surface area (Å²) >= 11 is 1.64. The van der Waals surface area contributed by atoms with Crippen LogP contribution >= 0.6 is 35.3 Å². The summed E-state index contributed by atoms with van der Waals surface area (Å²) in [5.41, 5.74) is 1.20. The molecule has 2 heterocycles. The highest BCUT2D eigenvalue weighted by atomic mass is 127. The highest BCUT2D eigenvalue weighted by molar-refractivity contribution is 14.0. The van der Waals surface area contributed by atoms with Crippen molar-refractivity contribution in [2.45, 2.75) is 32.9 Å². The molecule has 0 radical (unpaired) electrons. The van der Waals surface area contributed by atoms with Gasteiger partial charge in [-0.05, 0) is 12.1 Å². The number of aryl methyl sites for hydroxylation is 1. The molecule has 0 atom stereocenters. The Morgan fingerprint density at radius 2 is 2.05 bits per heavy atom. The van der Waals surface area contributed by atoms with Gasteiger partial charge in [-0.2, -0.15) is 0 Å². The maximum atomic E-state index is 4.22. The quantitative estimate of drug-likeness (QED) is 0.431. The second-order valence-electron chi connectivity index (χ2n) is 5.08. The van der Waals surface area contributed by atoms with E-state index in [0.29, 0.717) is 12.5 Å². The van der Waals surface area contributed by atoms with E-state index in [1.807, 2.05) is 19.3 Å². The van der Waals surface area contributed by atoms with E-state index in [-0.39, 0.29) is 24.0 Å². The van der Waals surface area contributed by atoms with E-state index < -0.39 is 0 Å². The maximum Gasteiger partial charge on any atom is 0.191 e. The lowest BCUT2D eigenvalue weighted by molar-refractivity contribution is 0.745. The van der Waals surface area contributed by atoms with E-state index in [9.17, 15) is 0 Å². The SMILES string of the molecule is CN=C(NCc1nnc(C(C)C)s1)NCc1cccn1C.I. The molecule has 0 amide bonds. The van der Waals surface area contributed by atoms with E-state index >= 15 is 0 Å². The van der Waals surface area contributed by atoms with Crippen LogP contribution in [0.3, 0.4) is 0 Å². The fourth-order valence-electron chi connectivity index (χ4n) is 1.81. The van der Waals surface area contributed by atoms with Crippen molar-refractivity contribution in [1.29, 1.82) is 0 Å². The van der Waals surface area contributed by atoms with Gasteiger partial charge >= 0.3 is 0 Å². The molecule has 0 saturated carbocycles. The Balaban J connectivity index is 0.00000242. The molecule has 0 aliphatic rings. The largest absolute Gasteiger partial charge is 0.353 e. The Morgan fingerprint density at radius 3 is 2.59 bits per heavy atom. The van der Waals surface area contributed by atoms with Crippen molar-refractivity contribution in [2.24, 2.45) is 12.0 Å². The molecular weight excluding hydrogens is 411 g/mol. The summed E-state index contributed by atoms with van der Waals surface area (Å²) in [5.74, 6) is 1.18. The van der Waals surface area contributed by atoms with Gasteiger partial charge in [-0.15, -0.1) is 34.2 Å². The minimum absolute atomic E-state index is 0. The lowest BCUT2D eigenvalue weighted by Crippen LogP contribution is -2.36. The summed E-state index contributed by atoms with van der Waals surface area (Å²) in [4.78, 5) is 4.22. The fourth-order valence-corrected chi connectivity index (χ4v) is 2.59. The van der Waals surface area contributed by atoms with Crippen LogP contribution in [0.5, 0.6) is 0 Å². The minimum atomic E-state index is 0. The lowest BCUT2D eigenvalue weighted by atomic mass is 10.2. The van der Waals surface area contributed by atoms with Crippen LogP contribution in [-0.4, -0.2) is 27.8 Å². The predicted molar refractivity (Wildman–Crippen MR) is 102 cm³/mol. The average molecular weight is 434 g/mol. The molecule has 8 heteroatoms. The molecule has 2 N–H and O–H groups in total. The summed E-state index contributed by atoms with van der Waals surface area (Å²) in [6, 6.07) is 4.11. The van der Waals surface area contributed by atoms with Crippen molar-refractivity contribution in [3.63, 3.8) is 0 Å². The Bertz CT molecular complexity index is 604. The molecule has 22 heavy (non-hydrogen) atoms. The normalized spacial score (nSPS) is 11.4. The first kappa shape index (κ1) is 18.9. The molecule has 6 nitrogen and oxygen atoms in total. The Morgan fingerprint density at radius 1 is 1.32 bits per heavy atom. The summed E-state index contributed by atoms with van der Waals surface area (Å²) in [7, 11) is 3.79. The lowest BCUT2D eigenvalue weighted by Gasteiger charge is -2.11. The zero-order valence-electron chi connectivity index (χ0n) is 13.3. The Labute approximate surface area is 152 Å². The molecule has 0 unspecified atom stereocenters. The third kappa shape index (κ3) is 5.24. The van der Waals surface area contributed by atoms with Gasteiger partial charge in [-0.1, -0.05) is 25.2 Å². The van der Waals surface area contributed by atoms with Crippen molar-refractivity contribution >= 4 is 41.3 Å². The van der Waals surface area contributed by atoms with Gasteiger partial charge in [-0.3, -0.25) is 4.99 Å². The van der Waals surface area contributed by atoms with Crippen molar-refractivity contribution in [2.75, 3.05) is 7.05 Å². The van der Waals surface area contributed by atoms with Crippen LogP contribution in [-0.2, 0) is 20.1 Å². The first-order valence-electron chi connectivity index (χ1n) is 6.97. The third-order valence-electron chi connectivity index (χ3n) is 3.10. The molecule has 2 aromatic rings. The van der Waals surface area contributed by atoms with Crippen LogP contribution in [0.15, 0.2) is 23.3 Å². The van der Waals surface area contributed by atoms with E-state index in [1.54, 1.807) is 18.4 Å². The molecule has 0 aliphatic heterocycles. The van der Waals surface area contributed by atoms with E-state index in [1.165, 1.54) is 5.69 Å². The summed E-state index contributed by atoms with van der Waals surface area (Å²) in [6.45, 7) is 5.61. The molecule has 0 fully saturated rings. The number of nitrogens with zero attached hydrogens (tertiary/aromatic N) is 4. The number of aliphatic imine (C=N–C) groups is 1. The zero-order valence-corrected chi connectivity index (χ0v) is 16.5. The molecule has 0 spiro atoms. The third-order valence-corrected chi connectivity index (χ3v) is 4.32. The van der Waals surface area contributed by atoms with Gasteiger partial charge in [0.05, 0.1) is 13.1 Å². The topological polar surface area (TPSA) is 67.1 Å². The molecule has 122 valence electrons. The summed E-state index contributed by atoms with van der Waals surface area (Å²) in [6.07, 6.45) is 2.03. The second-order valence-corrected chi connectivity index (χ2v) is 6.17. The highest BCUT2D eigenvalue weighted by Crippen LogP contribution is 2.18. The van der Waals surface area contributed by atoms with Crippen LogP contribution < -0.4 is 10.6 Å². The van der Waals surface area contributed by atoms with Crippen LogP contribution in [0, 0.1) is 0 Å².